The van der Waals surface area contributed by atoms with E-state index in [1.165, 1.54) is 0 Å². The second kappa shape index (κ2) is 4.72. The van der Waals surface area contributed by atoms with Gasteiger partial charge in [0, 0.05) is 11.1 Å². The van der Waals surface area contributed by atoms with E-state index in [0.29, 0.717) is 12.1 Å². The molecule has 2 nitrogen and oxygen atoms in total. The third kappa shape index (κ3) is 2.29. The molecule has 0 radical (unpaired) electrons. The van der Waals surface area contributed by atoms with Crippen LogP contribution in [0.4, 0.5) is 17.6 Å². The number of rotatable bonds is 2. The van der Waals surface area contributed by atoms with Crippen molar-refractivity contribution in [1.29, 1.82) is 0 Å². The Morgan fingerprint density at radius 3 is 2.05 bits per heavy atom. The molecule has 2 aromatic carbocycles. The SMILES string of the molecule is O=C(O)c1ccc(-c2ccc(F)c(F)c2F)c(F)c1. The smallest absolute Gasteiger partial charge is 0.335 e. The highest BCUT2D eigenvalue weighted by molar-refractivity contribution is 5.88. The Labute approximate surface area is 104 Å². The molecular weight excluding hydrogens is 264 g/mol. The van der Waals surface area contributed by atoms with Crippen molar-refractivity contribution in [2.24, 2.45) is 0 Å². The molecule has 0 unspecified atom stereocenters. The molecule has 2 rings (SSSR count). The zero-order valence-corrected chi connectivity index (χ0v) is 9.25. The summed E-state index contributed by atoms with van der Waals surface area (Å²) in [6, 6.07) is 4.26. The van der Waals surface area contributed by atoms with Gasteiger partial charge in [-0.1, -0.05) is 6.07 Å². The summed E-state index contributed by atoms with van der Waals surface area (Å²) in [5, 5.41) is 8.66. The van der Waals surface area contributed by atoms with Crippen molar-refractivity contribution < 1.29 is 27.5 Å². The Hall–Kier alpha value is -2.37. The first-order valence-corrected chi connectivity index (χ1v) is 5.08. The first-order chi connectivity index (χ1) is 8.91. The minimum Gasteiger partial charge on any atom is -0.478 e. The van der Waals surface area contributed by atoms with E-state index in [9.17, 15) is 22.4 Å². The average Bonchev–Trinajstić information content (AvgIpc) is 2.37. The number of carbonyl (C=O) groups is 1. The Morgan fingerprint density at radius 1 is 0.842 bits per heavy atom. The maximum Gasteiger partial charge on any atom is 0.335 e. The summed E-state index contributed by atoms with van der Waals surface area (Å²) >= 11 is 0. The van der Waals surface area contributed by atoms with Crippen molar-refractivity contribution in [3.63, 3.8) is 0 Å². The van der Waals surface area contributed by atoms with Crippen LogP contribution in [0.15, 0.2) is 30.3 Å². The summed E-state index contributed by atoms with van der Waals surface area (Å²) in [6.07, 6.45) is 0. The minimum atomic E-state index is -1.71. The molecule has 0 aromatic heterocycles. The highest BCUT2D eigenvalue weighted by Crippen LogP contribution is 2.28. The second-order valence-electron chi connectivity index (χ2n) is 3.72. The van der Waals surface area contributed by atoms with Gasteiger partial charge in [-0.15, -0.1) is 0 Å². The van der Waals surface area contributed by atoms with Crippen LogP contribution in [-0.2, 0) is 0 Å². The molecule has 0 fully saturated rings. The molecule has 0 aliphatic carbocycles. The molecule has 0 saturated carbocycles. The second-order valence-corrected chi connectivity index (χ2v) is 3.72. The predicted molar refractivity (Wildman–Crippen MR) is 58.7 cm³/mol. The van der Waals surface area contributed by atoms with Gasteiger partial charge in [0.1, 0.15) is 5.82 Å². The summed E-state index contributed by atoms with van der Waals surface area (Å²) in [4.78, 5) is 10.6. The van der Waals surface area contributed by atoms with Crippen molar-refractivity contribution in [3.05, 3.63) is 59.2 Å². The Morgan fingerprint density at radius 2 is 1.47 bits per heavy atom. The molecule has 98 valence electrons. The molecule has 0 aliphatic heterocycles. The lowest BCUT2D eigenvalue weighted by Gasteiger charge is -2.07. The van der Waals surface area contributed by atoms with Crippen LogP contribution in [0.25, 0.3) is 11.1 Å². The van der Waals surface area contributed by atoms with Crippen molar-refractivity contribution in [2.45, 2.75) is 0 Å². The quantitative estimate of drug-likeness (QED) is 0.668. The van der Waals surface area contributed by atoms with Crippen molar-refractivity contribution in [1.82, 2.24) is 0 Å². The third-order valence-corrected chi connectivity index (χ3v) is 2.54. The lowest BCUT2D eigenvalue weighted by molar-refractivity contribution is 0.0696. The molecule has 19 heavy (non-hydrogen) atoms. The number of benzene rings is 2. The van der Waals surface area contributed by atoms with Crippen LogP contribution in [0.5, 0.6) is 0 Å². The number of carboxylic acids is 1. The Kier molecular flexibility index (Phi) is 3.25. The zero-order chi connectivity index (χ0) is 14.2. The van der Waals surface area contributed by atoms with E-state index < -0.39 is 34.8 Å². The fourth-order valence-electron chi connectivity index (χ4n) is 1.60. The maximum atomic E-state index is 13.7. The van der Waals surface area contributed by atoms with Gasteiger partial charge in [0.2, 0.25) is 0 Å². The third-order valence-electron chi connectivity index (χ3n) is 2.54. The summed E-state index contributed by atoms with van der Waals surface area (Å²) in [5.41, 5.74) is -1.15. The molecule has 0 saturated heterocycles. The predicted octanol–water partition coefficient (Wildman–Crippen LogP) is 3.61. The number of carboxylic acid groups (broad SMARTS) is 1. The van der Waals surface area contributed by atoms with Crippen LogP contribution < -0.4 is 0 Å². The molecule has 1 N–H and O–H groups in total. The lowest BCUT2D eigenvalue weighted by atomic mass is 10.0. The molecule has 0 aliphatic rings. The Balaban J connectivity index is 2.60. The van der Waals surface area contributed by atoms with Crippen LogP contribution >= 0.6 is 0 Å². The molecule has 2 aromatic rings. The molecule has 0 amide bonds. The normalized spacial score (nSPS) is 10.5. The lowest BCUT2D eigenvalue weighted by Crippen LogP contribution is -1.99. The molecule has 0 atom stereocenters. The van der Waals surface area contributed by atoms with Gasteiger partial charge in [0.05, 0.1) is 5.56 Å². The van der Waals surface area contributed by atoms with Crippen molar-refractivity contribution >= 4 is 5.97 Å². The van der Waals surface area contributed by atoms with Gasteiger partial charge in [0.15, 0.2) is 17.5 Å². The average molecular weight is 270 g/mol. The van der Waals surface area contributed by atoms with Gasteiger partial charge in [-0.2, -0.15) is 0 Å². The molecule has 0 bridgehead atoms. The zero-order valence-electron chi connectivity index (χ0n) is 9.25. The standard InChI is InChI=1S/C13H6F4O2/c14-9-4-3-8(11(16)12(9)17)7-2-1-6(13(18)19)5-10(7)15/h1-5H,(H,18,19). The monoisotopic (exact) mass is 270 g/mol. The highest BCUT2D eigenvalue weighted by atomic mass is 19.2. The van der Waals surface area contributed by atoms with Gasteiger partial charge < -0.3 is 5.11 Å². The number of aromatic carboxylic acids is 1. The molecule has 6 heteroatoms. The van der Waals surface area contributed by atoms with E-state index in [-0.39, 0.29) is 11.1 Å². The van der Waals surface area contributed by atoms with E-state index in [1.54, 1.807) is 0 Å². The van der Waals surface area contributed by atoms with E-state index >= 15 is 0 Å². The minimum absolute atomic E-state index is 0.329. The van der Waals surface area contributed by atoms with Crippen LogP contribution in [-0.4, -0.2) is 11.1 Å². The number of halogens is 4. The number of hydrogen-bond donors (Lipinski definition) is 1. The van der Waals surface area contributed by atoms with E-state index in [1.807, 2.05) is 0 Å². The summed E-state index contributed by atoms with van der Waals surface area (Å²) in [6.45, 7) is 0. The van der Waals surface area contributed by atoms with Crippen LogP contribution in [0.2, 0.25) is 0 Å². The molecule has 0 spiro atoms. The van der Waals surface area contributed by atoms with Crippen LogP contribution in [0.1, 0.15) is 10.4 Å². The fourth-order valence-corrected chi connectivity index (χ4v) is 1.60. The van der Waals surface area contributed by atoms with E-state index in [4.69, 9.17) is 5.11 Å². The maximum absolute atomic E-state index is 13.7. The molecule has 0 heterocycles. The summed E-state index contributed by atoms with van der Waals surface area (Å²) < 4.78 is 53.0. The van der Waals surface area contributed by atoms with Gasteiger partial charge in [0.25, 0.3) is 0 Å². The topological polar surface area (TPSA) is 37.3 Å². The van der Waals surface area contributed by atoms with E-state index in [0.717, 1.165) is 18.2 Å². The molecular formula is C13H6F4O2. The van der Waals surface area contributed by atoms with Crippen molar-refractivity contribution in [2.75, 3.05) is 0 Å². The van der Waals surface area contributed by atoms with Crippen LogP contribution in [0.3, 0.4) is 0 Å². The largest absolute Gasteiger partial charge is 0.478 e. The first kappa shape index (κ1) is 13.1. The van der Waals surface area contributed by atoms with Crippen molar-refractivity contribution in [3.8, 4) is 11.1 Å². The van der Waals surface area contributed by atoms with Gasteiger partial charge in [-0.25, -0.2) is 22.4 Å². The summed E-state index contributed by atoms with van der Waals surface area (Å²) in [7, 11) is 0. The summed E-state index contributed by atoms with van der Waals surface area (Å²) in [5.74, 6) is -7.01. The highest BCUT2D eigenvalue weighted by Gasteiger charge is 2.18. The van der Waals surface area contributed by atoms with Gasteiger partial charge in [-0.3, -0.25) is 0 Å². The fraction of sp³-hybridized carbons (Fsp3) is 0. The van der Waals surface area contributed by atoms with Gasteiger partial charge >= 0.3 is 5.97 Å². The van der Waals surface area contributed by atoms with Crippen LogP contribution in [0, 0.1) is 23.3 Å². The van der Waals surface area contributed by atoms with E-state index in [2.05, 4.69) is 0 Å². The first-order valence-electron chi connectivity index (χ1n) is 5.08. The Bertz CT molecular complexity index is 668. The number of hydrogen-bond acceptors (Lipinski definition) is 1. The van der Waals surface area contributed by atoms with Gasteiger partial charge in [-0.05, 0) is 24.3 Å².